The Kier molecular flexibility index (Phi) is 70.8. The fraction of sp³-hybridized carbons (Fsp3) is 0.476. The van der Waals surface area contributed by atoms with Crippen molar-refractivity contribution in [2.45, 2.75) is 280 Å². The zero-order chi connectivity index (χ0) is 83.8. The molecule has 8 rings (SSSR count). The van der Waals surface area contributed by atoms with Gasteiger partial charge in [-0.3, -0.25) is 0 Å². The Morgan fingerprint density at radius 2 is 0.548 bits per heavy atom. The third kappa shape index (κ3) is 50.6. The van der Waals surface area contributed by atoms with E-state index in [4.69, 9.17) is 39.7 Å². The molecule has 3 unspecified atom stereocenters. The number of halogens is 5. The van der Waals surface area contributed by atoms with Gasteiger partial charge in [0, 0.05) is 33.5 Å². The van der Waals surface area contributed by atoms with Crippen LogP contribution < -0.4 is 46.0 Å². The van der Waals surface area contributed by atoms with Crippen LogP contribution >= 0.6 is 100 Å². The van der Waals surface area contributed by atoms with E-state index in [1.807, 2.05) is 0 Å². The first-order valence-electron chi connectivity index (χ1n) is 43.0. The number of unbranched alkanes of at least 4 members (excludes halogenated alkanes) is 24. The summed E-state index contributed by atoms with van der Waals surface area (Å²) in [5, 5.41) is 8.39. The zero-order valence-corrected chi connectivity index (χ0v) is 83.8. The number of methoxy groups -OCH3 is 3. The largest absolute Gasteiger partial charge is 0.0622 e. The molecule has 8 aromatic carbocycles. The van der Waals surface area contributed by atoms with E-state index < -0.39 is 15.8 Å². The van der Waals surface area contributed by atoms with Crippen molar-refractivity contribution < 1.29 is 42.9 Å². The molecule has 0 N–H and O–H groups in total. The van der Waals surface area contributed by atoms with Crippen LogP contribution in [-0.2, 0) is 28.7 Å². The van der Waals surface area contributed by atoms with Gasteiger partial charge < -0.3 is 14.2 Å². The van der Waals surface area contributed by atoms with Gasteiger partial charge in [-0.2, -0.15) is 0 Å². The van der Waals surface area contributed by atoms with Crippen LogP contribution in [0.25, 0.3) is 0 Å². The van der Waals surface area contributed by atoms with Crippen LogP contribution in [0, 0.1) is 67.8 Å². The third-order valence-electron chi connectivity index (χ3n) is 20.0. The molecule has 0 bridgehead atoms. The molecule has 0 saturated carbocycles. The predicted molar refractivity (Wildman–Crippen MR) is 532 cm³/mol. The summed E-state index contributed by atoms with van der Waals surface area (Å²) in [6.07, 6.45) is 53.0. The summed E-state index contributed by atoms with van der Waals surface area (Å²) in [5.74, 6) is 21.4. The number of ether oxygens (including phenoxy) is 3. The van der Waals surface area contributed by atoms with Crippen molar-refractivity contribution >= 4 is 132 Å². The number of terminal acetylenes is 1. The van der Waals surface area contributed by atoms with Crippen LogP contribution in [0.3, 0.4) is 0 Å². The summed E-state index contributed by atoms with van der Waals surface area (Å²) >= 11 is 10.3. The normalized spacial score (nSPS) is 11.1. The van der Waals surface area contributed by atoms with E-state index in [0.29, 0.717) is 17.8 Å². The van der Waals surface area contributed by atoms with Gasteiger partial charge in [0.1, 0.15) is 17.2 Å². The van der Waals surface area contributed by atoms with Crippen molar-refractivity contribution in [2.24, 2.45) is 17.8 Å². The van der Waals surface area contributed by atoms with E-state index in [2.05, 4.69) is 342 Å². The van der Waals surface area contributed by atoms with Crippen molar-refractivity contribution in [3.05, 3.63) is 230 Å². The van der Waals surface area contributed by atoms with Crippen LogP contribution in [0.4, 0.5) is 0 Å². The molecule has 115 heavy (non-hydrogen) atoms. The van der Waals surface area contributed by atoms with Gasteiger partial charge in [0.25, 0.3) is 0 Å². The second kappa shape index (κ2) is 75.6. The van der Waals surface area contributed by atoms with Crippen LogP contribution in [0.1, 0.15) is 289 Å². The van der Waals surface area contributed by atoms with E-state index in [1.54, 1.807) is 41.7 Å². The van der Waals surface area contributed by atoms with Crippen LogP contribution in [0.2, 0.25) is 0 Å². The first-order valence-corrected chi connectivity index (χ1v) is 54.9. The van der Waals surface area contributed by atoms with Gasteiger partial charge in [0.15, 0.2) is 0 Å². The van der Waals surface area contributed by atoms with Gasteiger partial charge in [-0.25, -0.2) is 0 Å². The maximum absolute atomic E-state index is 5.85. The van der Waals surface area contributed by atoms with Crippen molar-refractivity contribution in [3.8, 4) is 53.3 Å². The maximum Gasteiger partial charge on any atom is -0.0134 e. The number of aryl methyl sites for hydroxylation is 1. The summed E-state index contributed by atoms with van der Waals surface area (Å²) in [4.78, 5) is 0. The van der Waals surface area contributed by atoms with Crippen molar-refractivity contribution in [3.63, 3.8) is 0 Å². The Labute approximate surface area is 768 Å². The maximum atomic E-state index is 5.85. The molecular weight excluding hydrogens is 1970 g/mol. The Morgan fingerprint density at radius 1 is 0.330 bits per heavy atom. The predicted octanol–water partition coefficient (Wildman–Crippen LogP) is 31.4. The smallest absolute Gasteiger partial charge is 0.0134 e. The SMILES string of the molecule is C#CC(CCCCCC)CCCCCCCC.CCCCCCCCC(C#Cc1cc(OC)c(C#CC(CCCCCC)CCCCCCCC)cc1OC)CCCCCC.COc1cc(I)c(C)cc1I.[Cl][Pd][Cl].[Cu][I].c1ccc(P(c2ccccc2)c2ccccc2)cc1.c1ccc(P(c2ccccc2)c2ccccc2)cc1. The van der Waals surface area contributed by atoms with Crippen LogP contribution in [-0.4, -0.2) is 21.3 Å². The molecule has 636 valence electrons. The molecule has 0 aliphatic heterocycles. The summed E-state index contributed by atoms with van der Waals surface area (Å²) in [6, 6.07) is 72.9. The number of hydrogen-bond donors (Lipinski definition) is 0. The van der Waals surface area contributed by atoms with Gasteiger partial charge in [0.2, 0.25) is 0 Å². The molecule has 0 aliphatic rings. The molecule has 3 atom stereocenters. The van der Waals surface area contributed by atoms with E-state index in [9.17, 15) is 0 Å². The Morgan fingerprint density at radius 3 is 0.774 bits per heavy atom. The second-order valence-electron chi connectivity index (χ2n) is 29.2. The summed E-state index contributed by atoms with van der Waals surface area (Å²) in [6.45, 7) is 15.8. The molecule has 0 spiro atoms. The first kappa shape index (κ1) is 108. The summed E-state index contributed by atoms with van der Waals surface area (Å²) < 4.78 is 19.3. The van der Waals surface area contributed by atoms with Gasteiger partial charge in [-0.1, -0.05) is 440 Å². The molecule has 0 amide bonds. The van der Waals surface area contributed by atoms with Crippen molar-refractivity contribution in [1.82, 2.24) is 0 Å². The van der Waals surface area contributed by atoms with Crippen LogP contribution in [0.15, 0.2) is 206 Å². The minimum atomic E-state index is -0.446. The Balaban J connectivity index is 0.000000523. The number of hydrogen-bond acceptors (Lipinski definition) is 3. The summed E-state index contributed by atoms with van der Waals surface area (Å²) in [5.41, 5.74) is 3.13. The summed E-state index contributed by atoms with van der Waals surface area (Å²) in [7, 11) is 13.9. The minimum Gasteiger partial charge on any atom is -0.0622 e. The Hall–Kier alpha value is -3.35. The van der Waals surface area contributed by atoms with E-state index >= 15 is 0 Å². The van der Waals surface area contributed by atoms with E-state index in [-0.39, 0.29) is 15.9 Å². The fourth-order valence-electron chi connectivity index (χ4n) is 13.4. The molecule has 0 radical (unpaired) electrons. The molecule has 0 fully saturated rings. The van der Waals surface area contributed by atoms with E-state index in [0.717, 1.165) is 28.4 Å². The molecular formula is C103H140Cl2CuI3O3P2Pd. The van der Waals surface area contributed by atoms with Gasteiger partial charge in [-0.05, 0) is 156 Å². The van der Waals surface area contributed by atoms with Gasteiger partial charge >= 0.3 is 68.1 Å². The Bertz CT molecular complexity index is 3380. The molecule has 0 saturated heterocycles. The topological polar surface area (TPSA) is 27.7 Å². The molecule has 0 aromatic heterocycles. The van der Waals surface area contributed by atoms with Crippen molar-refractivity contribution in [2.75, 3.05) is 21.3 Å². The van der Waals surface area contributed by atoms with Gasteiger partial charge in [0.05, 0.1) is 36.0 Å². The molecule has 0 heterocycles. The molecule has 12 heteroatoms. The average molecular weight is 2110 g/mol. The second-order valence-corrected chi connectivity index (χ2v) is 38.4. The fourth-order valence-corrected chi connectivity index (χ4v) is 19.3. The molecule has 8 aromatic rings. The first-order chi connectivity index (χ1) is 56.4. The monoisotopic (exact) mass is 2110 g/mol. The van der Waals surface area contributed by atoms with Crippen LogP contribution in [0.5, 0.6) is 17.2 Å². The minimum absolute atomic E-state index is 0.106. The van der Waals surface area contributed by atoms with Crippen molar-refractivity contribution in [1.29, 1.82) is 0 Å². The van der Waals surface area contributed by atoms with Gasteiger partial charge in [-0.15, -0.1) is 12.3 Å². The molecule has 0 aliphatic carbocycles. The number of benzene rings is 8. The molecule has 3 nitrogen and oxygen atoms in total. The zero-order valence-electron chi connectivity index (χ0n) is 71.5. The third-order valence-corrected chi connectivity index (χ3v) is 26.9. The standard InChI is InChI=1S/C42H70O2.2C18H15P.C17H32.C8H8I2O.2ClH.Cu.HI.Pd/c1-7-11-15-19-21-25-29-37(27-23-17-13-9-3)31-33-39-35-42(44-6)40(36-41(39)43-5)34-32-38(28-24-18-14-10-4)30-26-22-20-16-12-8-2;2*1-4-10-16(11-5-1)19(17-12-6-2-7-13-17)18-14-8-3-9-15-18;1-4-7-9-11-12-14-16-17(6-3)15-13-10-8-5-2;1-5-3-7(10)8(11-2)4-6(5)9;;;;;/h35-38H,7-30H2,1-6H3;2*1-15H;3,17H,4-5,7-16H2,1-2H3;3-4H,1-2H3;2*1H;;1H;/q;;;;;;;+1;;+2/p-3. The number of rotatable bonds is 45. The van der Waals surface area contributed by atoms with E-state index in [1.165, 1.54) is 276 Å². The quantitative estimate of drug-likeness (QED) is 0.0125. The average Bonchev–Trinajstić information content (AvgIpc) is 0.813.